The topological polar surface area (TPSA) is 34.1 Å². The van der Waals surface area contributed by atoms with Crippen molar-refractivity contribution in [2.45, 2.75) is 32.0 Å². The fraction of sp³-hybridized carbons (Fsp3) is 0.312. The maximum absolute atomic E-state index is 6.05. The largest absolute Gasteiger partial charge is 0.486 e. The van der Waals surface area contributed by atoms with Crippen LogP contribution in [0.1, 0.15) is 24.1 Å². The van der Waals surface area contributed by atoms with E-state index in [0.29, 0.717) is 28.4 Å². The van der Waals surface area contributed by atoms with Crippen LogP contribution >= 0.6 is 23.2 Å². The molecule has 0 radical (unpaired) electrons. The summed E-state index contributed by atoms with van der Waals surface area (Å²) in [7, 11) is 0. The lowest BCUT2D eigenvalue weighted by Crippen LogP contribution is -2.15. The standard InChI is InChI=1S/C16H16Cl2N2O/c17-12-2-6-15(18)16(7-12)21-10-14-3-1-11(9-20-14)8-19-13-4-5-13/h1-3,6-7,9,13,19H,4-5,8,10H2. The molecule has 1 aromatic heterocycles. The molecule has 3 rings (SSSR count). The lowest BCUT2D eigenvalue weighted by atomic mass is 10.2. The summed E-state index contributed by atoms with van der Waals surface area (Å²) in [6.07, 6.45) is 4.47. The fourth-order valence-electron chi connectivity index (χ4n) is 1.93. The van der Waals surface area contributed by atoms with E-state index < -0.39 is 0 Å². The minimum atomic E-state index is 0.371. The third-order valence-corrected chi connectivity index (χ3v) is 3.87. The van der Waals surface area contributed by atoms with Gasteiger partial charge in [0.1, 0.15) is 12.4 Å². The molecule has 1 saturated carbocycles. The molecule has 0 saturated heterocycles. The van der Waals surface area contributed by atoms with E-state index in [0.717, 1.165) is 12.2 Å². The van der Waals surface area contributed by atoms with Gasteiger partial charge in [-0.15, -0.1) is 0 Å². The van der Waals surface area contributed by atoms with Crippen LogP contribution in [-0.4, -0.2) is 11.0 Å². The van der Waals surface area contributed by atoms with Crippen molar-refractivity contribution in [2.24, 2.45) is 0 Å². The van der Waals surface area contributed by atoms with Crippen LogP contribution in [0.15, 0.2) is 36.5 Å². The third-order valence-electron chi connectivity index (χ3n) is 3.33. The smallest absolute Gasteiger partial charge is 0.139 e. The minimum Gasteiger partial charge on any atom is -0.486 e. The zero-order chi connectivity index (χ0) is 14.7. The molecule has 3 nitrogen and oxygen atoms in total. The summed E-state index contributed by atoms with van der Waals surface area (Å²) in [5.74, 6) is 0.574. The van der Waals surface area contributed by atoms with Gasteiger partial charge in [0, 0.05) is 29.9 Å². The second-order valence-electron chi connectivity index (χ2n) is 5.18. The van der Waals surface area contributed by atoms with Crippen molar-refractivity contribution < 1.29 is 4.74 Å². The molecule has 110 valence electrons. The number of hydrogen-bond acceptors (Lipinski definition) is 3. The molecule has 1 fully saturated rings. The first-order chi connectivity index (χ1) is 10.2. The van der Waals surface area contributed by atoms with Crippen molar-refractivity contribution in [3.05, 3.63) is 57.8 Å². The fourth-order valence-corrected chi connectivity index (χ4v) is 2.27. The molecule has 1 aromatic carbocycles. The Bertz CT molecular complexity index is 612. The van der Waals surface area contributed by atoms with Crippen LogP contribution in [0.5, 0.6) is 5.75 Å². The van der Waals surface area contributed by atoms with E-state index in [2.05, 4.69) is 16.4 Å². The molecular formula is C16H16Cl2N2O. The van der Waals surface area contributed by atoms with Gasteiger partial charge in [-0.3, -0.25) is 4.98 Å². The van der Waals surface area contributed by atoms with E-state index in [9.17, 15) is 0 Å². The molecule has 1 heterocycles. The van der Waals surface area contributed by atoms with Gasteiger partial charge in [0.05, 0.1) is 10.7 Å². The maximum Gasteiger partial charge on any atom is 0.139 e. The van der Waals surface area contributed by atoms with Gasteiger partial charge >= 0.3 is 0 Å². The summed E-state index contributed by atoms with van der Waals surface area (Å²) >= 11 is 12.0. The lowest BCUT2D eigenvalue weighted by Gasteiger charge is -2.09. The van der Waals surface area contributed by atoms with E-state index in [1.54, 1.807) is 18.2 Å². The minimum absolute atomic E-state index is 0.371. The molecular weight excluding hydrogens is 307 g/mol. The summed E-state index contributed by atoms with van der Waals surface area (Å²) in [5.41, 5.74) is 2.05. The van der Waals surface area contributed by atoms with Gasteiger partial charge in [0.25, 0.3) is 0 Å². The molecule has 2 aromatic rings. The molecule has 0 bridgehead atoms. The second kappa shape index (κ2) is 6.65. The molecule has 0 atom stereocenters. The van der Waals surface area contributed by atoms with Crippen molar-refractivity contribution in [3.63, 3.8) is 0 Å². The van der Waals surface area contributed by atoms with Gasteiger partial charge in [-0.1, -0.05) is 29.3 Å². The predicted molar refractivity (Wildman–Crippen MR) is 84.9 cm³/mol. The highest BCUT2D eigenvalue weighted by Gasteiger charge is 2.19. The quantitative estimate of drug-likeness (QED) is 0.864. The van der Waals surface area contributed by atoms with E-state index in [-0.39, 0.29) is 0 Å². The van der Waals surface area contributed by atoms with Crippen molar-refractivity contribution in [1.82, 2.24) is 10.3 Å². The Morgan fingerprint density at radius 3 is 2.76 bits per heavy atom. The first kappa shape index (κ1) is 14.6. The Kier molecular flexibility index (Phi) is 4.63. The molecule has 21 heavy (non-hydrogen) atoms. The SMILES string of the molecule is Clc1ccc(Cl)c(OCc2ccc(CNC3CC3)cn2)c1. The van der Waals surface area contributed by atoms with Crippen LogP contribution in [0.25, 0.3) is 0 Å². The number of pyridine rings is 1. The predicted octanol–water partition coefficient (Wildman–Crippen LogP) is 4.22. The summed E-state index contributed by atoms with van der Waals surface area (Å²) in [6, 6.07) is 9.91. The molecule has 1 N–H and O–H groups in total. The zero-order valence-corrected chi connectivity index (χ0v) is 13.0. The Balaban J connectivity index is 1.55. The summed E-state index contributed by atoms with van der Waals surface area (Å²) < 4.78 is 5.66. The summed E-state index contributed by atoms with van der Waals surface area (Å²) in [5, 5.41) is 4.61. The number of hydrogen-bond donors (Lipinski definition) is 1. The summed E-state index contributed by atoms with van der Waals surface area (Å²) in [4.78, 5) is 4.40. The molecule has 1 aliphatic carbocycles. The van der Waals surface area contributed by atoms with Crippen LogP contribution < -0.4 is 10.1 Å². The van der Waals surface area contributed by atoms with Crippen LogP contribution in [-0.2, 0) is 13.2 Å². The van der Waals surface area contributed by atoms with Crippen molar-refractivity contribution in [1.29, 1.82) is 0 Å². The van der Waals surface area contributed by atoms with Crippen LogP contribution in [0.4, 0.5) is 0 Å². The highest BCUT2D eigenvalue weighted by Crippen LogP contribution is 2.28. The molecule has 0 aliphatic heterocycles. The lowest BCUT2D eigenvalue weighted by molar-refractivity contribution is 0.301. The molecule has 0 amide bonds. The average molecular weight is 323 g/mol. The summed E-state index contributed by atoms with van der Waals surface area (Å²) in [6.45, 7) is 1.25. The Morgan fingerprint density at radius 2 is 2.05 bits per heavy atom. The van der Waals surface area contributed by atoms with Gasteiger partial charge in [-0.05, 0) is 36.6 Å². The molecule has 1 aliphatic rings. The van der Waals surface area contributed by atoms with Crippen LogP contribution in [0, 0.1) is 0 Å². The highest BCUT2D eigenvalue weighted by atomic mass is 35.5. The molecule has 0 spiro atoms. The molecule has 0 unspecified atom stereocenters. The first-order valence-corrected chi connectivity index (χ1v) is 7.71. The Morgan fingerprint density at radius 1 is 1.19 bits per heavy atom. The number of ether oxygens (including phenoxy) is 1. The average Bonchev–Trinajstić information content (AvgIpc) is 3.31. The van der Waals surface area contributed by atoms with E-state index in [1.165, 1.54) is 18.4 Å². The normalized spacial score (nSPS) is 14.2. The first-order valence-electron chi connectivity index (χ1n) is 6.96. The Hall–Kier alpha value is -1.29. The van der Waals surface area contributed by atoms with Crippen LogP contribution in [0.2, 0.25) is 10.0 Å². The number of nitrogens with one attached hydrogen (secondary N) is 1. The number of aromatic nitrogens is 1. The second-order valence-corrected chi connectivity index (χ2v) is 6.02. The molecule has 5 heteroatoms. The number of benzene rings is 1. The third kappa shape index (κ3) is 4.34. The monoisotopic (exact) mass is 322 g/mol. The number of nitrogens with zero attached hydrogens (tertiary/aromatic N) is 1. The van der Waals surface area contributed by atoms with Crippen molar-refractivity contribution in [2.75, 3.05) is 0 Å². The number of halogens is 2. The van der Waals surface area contributed by atoms with Crippen molar-refractivity contribution in [3.8, 4) is 5.75 Å². The van der Waals surface area contributed by atoms with Gasteiger partial charge in [-0.25, -0.2) is 0 Å². The van der Waals surface area contributed by atoms with Gasteiger partial charge in [-0.2, -0.15) is 0 Å². The van der Waals surface area contributed by atoms with Crippen molar-refractivity contribution >= 4 is 23.2 Å². The van der Waals surface area contributed by atoms with Gasteiger partial charge < -0.3 is 10.1 Å². The van der Waals surface area contributed by atoms with Gasteiger partial charge in [0.2, 0.25) is 0 Å². The highest BCUT2D eigenvalue weighted by molar-refractivity contribution is 6.34. The van der Waals surface area contributed by atoms with E-state index >= 15 is 0 Å². The number of rotatable bonds is 6. The van der Waals surface area contributed by atoms with Gasteiger partial charge in [0.15, 0.2) is 0 Å². The van der Waals surface area contributed by atoms with E-state index in [1.807, 2.05) is 12.3 Å². The maximum atomic E-state index is 6.05. The van der Waals surface area contributed by atoms with E-state index in [4.69, 9.17) is 27.9 Å². The van der Waals surface area contributed by atoms with Crippen LogP contribution in [0.3, 0.4) is 0 Å². The Labute approximate surface area is 134 Å². The zero-order valence-electron chi connectivity index (χ0n) is 11.5.